The van der Waals surface area contributed by atoms with Gasteiger partial charge < -0.3 is 19.7 Å². The van der Waals surface area contributed by atoms with Gasteiger partial charge in [0.25, 0.3) is 5.56 Å². The van der Waals surface area contributed by atoms with Crippen molar-refractivity contribution in [3.63, 3.8) is 0 Å². The number of carboxylic acid groups (broad SMARTS) is 1. The predicted molar refractivity (Wildman–Crippen MR) is 154 cm³/mol. The molecule has 1 aromatic heterocycles. The molecule has 0 fully saturated rings. The predicted octanol–water partition coefficient (Wildman–Crippen LogP) is 6.25. The van der Waals surface area contributed by atoms with E-state index in [0.29, 0.717) is 34.7 Å². The lowest BCUT2D eigenvalue weighted by Crippen LogP contribution is -2.40. The Bertz CT molecular complexity index is 1350. The van der Waals surface area contributed by atoms with Gasteiger partial charge in [-0.15, -0.1) is 0 Å². The molecule has 7 nitrogen and oxygen atoms in total. The number of aliphatic carboxylic acids is 1. The maximum Gasteiger partial charge on any atom is 0.305 e. The van der Waals surface area contributed by atoms with Crippen molar-refractivity contribution in [3.05, 3.63) is 98.4 Å². The van der Waals surface area contributed by atoms with Crippen LogP contribution in [0.2, 0.25) is 5.02 Å². The van der Waals surface area contributed by atoms with Gasteiger partial charge in [-0.1, -0.05) is 61.7 Å². The van der Waals surface area contributed by atoms with E-state index in [1.165, 1.54) is 4.57 Å². The van der Waals surface area contributed by atoms with Crippen molar-refractivity contribution in [2.24, 2.45) is 0 Å². The van der Waals surface area contributed by atoms with Crippen LogP contribution in [0.5, 0.6) is 5.75 Å². The summed E-state index contributed by atoms with van der Waals surface area (Å²) < 4.78 is 7.26. The molecule has 3 rings (SSSR count). The van der Waals surface area contributed by atoms with Crippen molar-refractivity contribution >= 4 is 23.5 Å². The number of halogens is 1. The van der Waals surface area contributed by atoms with E-state index in [2.05, 4.69) is 5.32 Å². The highest BCUT2D eigenvalue weighted by Crippen LogP contribution is 2.25. The van der Waals surface area contributed by atoms with Crippen molar-refractivity contribution in [1.82, 2.24) is 9.88 Å². The monoisotopic (exact) mass is 552 g/mol. The number of benzene rings is 2. The summed E-state index contributed by atoms with van der Waals surface area (Å²) in [6.45, 7) is 7.71. The molecular formula is C31H37ClN2O5. The van der Waals surface area contributed by atoms with Crippen LogP contribution >= 0.6 is 11.6 Å². The number of ether oxygens (including phenoxy) is 1. The summed E-state index contributed by atoms with van der Waals surface area (Å²) >= 11 is 6.35. The van der Waals surface area contributed by atoms with Gasteiger partial charge in [0.2, 0.25) is 5.91 Å². The third-order valence-electron chi connectivity index (χ3n) is 6.39. The Balaban J connectivity index is 1.97. The number of unbranched alkanes of at least 4 members (excludes halogenated alkanes) is 1. The van der Waals surface area contributed by atoms with Gasteiger partial charge in [-0.3, -0.25) is 14.4 Å². The zero-order valence-corrected chi connectivity index (χ0v) is 23.7. The maximum absolute atomic E-state index is 13.7. The number of nitrogens with zero attached hydrogens (tertiary/aromatic N) is 1. The third-order valence-corrected chi connectivity index (χ3v) is 6.76. The molecule has 0 aliphatic carbocycles. The number of aromatic nitrogens is 1. The van der Waals surface area contributed by atoms with Gasteiger partial charge in [0.1, 0.15) is 11.8 Å². The second-order valence-corrected chi connectivity index (χ2v) is 10.5. The fourth-order valence-electron chi connectivity index (χ4n) is 4.59. The second-order valence-electron chi connectivity index (χ2n) is 10.1. The van der Waals surface area contributed by atoms with Crippen molar-refractivity contribution in [3.8, 4) is 5.75 Å². The normalized spacial score (nSPS) is 12.7. The van der Waals surface area contributed by atoms with E-state index in [0.717, 1.165) is 24.0 Å². The summed E-state index contributed by atoms with van der Waals surface area (Å²) in [4.78, 5) is 39.1. The number of rotatable bonds is 13. The SMILES string of the molecule is CCCCC(C(=O)N[C@@H](CC(=O)O)c1cccc(OC(C)C)c1)n1cc(C)cc(Cc2ccccc2Cl)c1=O. The van der Waals surface area contributed by atoms with Crippen molar-refractivity contribution in [2.75, 3.05) is 0 Å². The lowest BCUT2D eigenvalue weighted by atomic mass is 10.0. The molecule has 2 aromatic carbocycles. The van der Waals surface area contributed by atoms with Crippen LogP contribution in [0.25, 0.3) is 0 Å². The van der Waals surface area contributed by atoms with Crippen LogP contribution in [0.4, 0.5) is 0 Å². The van der Waals surface area contributed by atoms with E-state index in [9.17, 15) is 19.5 Å². The molecule has 0 spiro atoms. The molecule has 0 saturated heterocycles. The minimum Gasteiger partial charge on any atom is -0.491 e. The molecule has 2 atom stereocenters. The number of nitrogens with one attached hydrogen (secondary N) is 1. The number of amides is 1. The summed E-state index contributed by atoms with van der Waals surface area (Å²) in [5.74, 6) is -0.856. The van der Waals surface area contributed by atoms with Gasteiger partial charge in [0, 0.05) is 23.2 Å². The number of carboxylic acids is 1. The topological polar surface area (TPSA) is 97.6 Å². The first-order valence-corrected chi connectivity index (χ1v) is 13.7. The standard InChI is InChI=1S/C31H37ClN2O5/c1-5-6-14-28(34-19-21(4)15-24(31(34)38)16-22-10-7-8-13-26(22)32)30(37)33-27(18-29(35)36)23-11-9-12-25(17-23)39-20(2)3/h7-13,15,17,19-20,27-28H,5-6,14,16,18H2,1-4H3,(H,33,37)(H,35,36)/t27-,28?/m0/s1. The van der Waals surface area contributed by atoms with Gasteiger partial charge in [-0.25, -0.2) is 0 Å². The Morgan fingerprint density at radius 2 is 1.82 bits per heavy atom. The van der Waals surface area contributed by atoms with E-state index >= 15 is 0 Å². The van der Waals surface area contributed by atoms with Crippen LogP contribution in [-0.2, 0) is 16.0 Å². The first-order valence-electron chi connectivity index (χ1n) is 13.3. The zero-order chi connectivity index (χ0) is 28.5. The van der Waals surface area contributed by atoms with Gasteiger partial charge >= 0.3 is 5.97 Å². The molecule has 0 aliphatic heterocycles. The van der Waals surface area contributed by atoms with E-state index in [4.69, 9.17) is 16.3 Å². The minimum atomic E-state index is -1.05. The third kappa shape index (κ3) is 8.45. The van der Waals surface area contributed by atoms with Crippen LogP contribution in [-0.4, -0.2) is 27.7 Å². The van der Waals surface area contributed by atoms with Gasteiger partial charge in [-0.2, -0.15) is 0 Å². The molecular weight excluding hydrogens is 516 g/mol. The first kappa shape index (κ1) is 30.0. The Hall–Kier alpha value is -3.58. The van der Waals surface area contributed by atoms with Crippen LogP contribution in [0.1, 0.15) is 80.8 Å². The van der Waals surface area contributed by atoms with Gasteiger partial charge in [-0.05, 0) is 68.1 Å². The van der Waals surface area contributed by atoms with E-state index in [1.807, 2.05) is 52.0 Å². The van der Waals surface area contributed by atoms with E-state index < -0.39 is 24.0 Å². The molecule has 0 bridgehead atoms. The molecule has 3 aromatic rings. The number of hydrogen-bond acceptors (Lipinski definition) is 4. The fourth-order valence-corrected chi connectivity index (χ4v) is 4.79. The molecule has 0 aliphatic rings. The van der Waals surface area contributed by atoms with Crippen LogP contribution in [0, 0.1) is 6.92 Å². The molecule has 2 N–H and O–H groups in total. The molecule has 1 heterocycles. The maximum atomic E-state index is 13.7. The largest absolute Gasteiger partial charge is 0.491 e. The lowest BCUT2D eigenvalue weighted by Gasteiger charge is -2.25. The molecule has 208 valence electrons. The van der Waals surface area contributed by atoms with E-state index in [1.54, 1.807) is 36.5 Å². The molecule has 1 unspecified atom stereocenters. The number of pyridine rings is 1. The van der Waals surface area contributed by atoms with Gasteiger partial charge in [0.15, 0.2) is 0 Å². The Kier molecular flexibility index (Phi) is 10.8. The van der Waals surface area contributed by atoms with Crippen LogP contribution < -0.4 is 15.6 Å². The summed E-state index contributed by atoms with van der Waals surface area (Å²) in [6, 6.07) is 14.7. The second kappa shape index (κ2) is 14.0. The molecule has 8 heteroatoms. The molecule has 0 saturated carbocycles. The quantitative estimate of drug-likeness (QED) is 0.261. The van der Waals surface area contributed by atoms with Crippen LogP contribution in [0.3, 0.4) is 0 Å². The highest BCUT2D eigenvalue weighted by molar-refractivity contribution is 6.31. The molecule has 0 radical (unpaired) electrons. The lowest BCUT2D eigenvalue weighted by molar-refractivity contribution is -0.138. The molecule has 1 amide bonds. The minimum absolute atomic E-state index is 0.0562. The molecule has 39 heavy (non-hydrogen) atoms. The number of carbonyl (C=O) groups is 2. The number of hydrogen-bond donors (Lipinski definition) is 2. The zero-order valence-electron chi connectivity index (χ0n) is 22.9. The average Bonchev–Trinajstić information content (AvgIpc) is 2.87. The average molecular weight is 553 g/mol. The Labute approximate surface area is 234 Å². The van der Waals surface area contributed by atoms with Gasteiger partial charge in [0.05, 0.1) is 18.6 Å². The number of aryl methyl sites for hydroxylation is 1. The summed E-state index contributed by atoms with van der Waals surface area (Å²) in [7, 11) is 0. The summed E-state index contributed by atoms with van der Waals surface area (Å²) in [6.07, 6.45) is 3.67. The fraction of sp³-hybridized carbons (Fsp3) is 0.387. The van der Waals surface area contributed by atoms with Crippen molar-refractivity contribution in [1.29, 1.82) is 0 Å². The van der Waals surface area contributed by atoms with Crippen molar-refractivity contribution < 1.29 is 19.4 Å². The van der Waals surface area contributed by atoms with Crippen molar-refractivity contribution in [2.45, 2.75) is 78.0 Å². The highest BCUT2D eigenvalue weighted by Gasteiger charge is 2.27. The van der Waals surface area contributed by atoms with E-state index in [-0.39, 0.29) is 18.1 Å². The highest BCUT2D eigenvalue weighted by atomic mass is 35.5. The smallest absolute Gasteiger partial charge is 0.305 e. The summed E-state index contributed by atoms with van der Waals surface area (Å²) in [5.41, 5.74) is 2.56. The summed E-state index contributed by atoms with van der Waals surface area (Å²) in [5, 5.41) is 13.1. The number of carbonyl (C=O) groups excluding carboxylic acids is 1. The Morgan fingerprint density at radius 3 is 2.49 bits per heavy atom. The first-order chi connectivity index (χ1) is 18.6. The van der Waals surface area contributed by atoms with Crippen LogP contribution in [0.15, 0.2) is 65.6 Å². The Morgan fingerprint density at radius 1 is 1.08 bits per heavy atom.